The van der Waals surface area contributed by atoms with E-state index in [9.17, 15) is 0 Å². The van der Waals surface area contributed by atoms with Crippen molar-refractivity contribution in [2.45, 2.75) is 24.3 Å². The number of thioether (sulfide) groups is 1. The Kier molecular flexibility index (Phi) is 4.94. The lowest BCUT2D eigenvalue weighted by Gasteiger charge is -2.22. The molecule has 4 heteroatoms. The summed E-state index contributed by atoms with van der Waals surface area (Å²) in [5, 5.41) is 5.23. The fraction of sp³-hybridized carbons (Fsp3) is 0.583. The number of hydrogen-bond donors (Lipinski definition) is 1. The Bertz CT molecular complexity index is 309. The van der Waals surface area contributed by atoms with Crippen molar-refractivity contribution in [3.05, 3.63) is 23.4 Å². The van der Waals surface area contributed by atoms with E-state index in [4.69, 9.17) is 11.6 Å². The minimum atomic E-state index is 0.709. The fourth-order valence-electron chi connectivity index (χ4n) is 1.95. The zero-order valence-corrected chi connectivity index (χ0v) is 10.9. The van der Waals surface area contributed by atoms with Crippen molar-refractivity contribution in [2.75, 3.05) is 18.8 Å². The molecule has 0 spiro atoms. The van der Waals surface area contributed by atoms with Crippen LogP contribution in [0.4, 0.5) is 0 Å². The molecule has 16 heavy (non-hydrogen) atoms. The molecule has 0 bridgehead atoms. The second-order valence-corrected chi connectivity index (χ2v) is 5.72. The van der Waals surface area contributed by atoms with Gasteiger partial charge in [0.1, 0.15) is 0 Å². The number of aromatic nitrogens is 1. The first-order valence-corrected chi connectivity index (χ1v) is 7.16. The Balaban J connectivity index is 1.69. The Morgan fingerprint density at radius 3 is 3.12 bits per heavy atom. The van der Waals surface area contributed by atoms with Crippen LogP contribution in [0.3, 0.4) is 0 Å². The highest BCUT2D eigenvalue weighted by Gasteiger charge is 2.12. The molecule has 1 unspecified atom stereocenters. The monoisotopic (exact) mass is 256 g/mol. The molecular weight excluding hydrogens is 240 g/mol. The Morgan fingerprint density at radius 1 is 1.50 bits per heavy atom. The van der Waals surface area contributed by atoms with E-state index in [-0.39, 0.29) is 0 Å². The molecule has 0 aliphatic carbocycles. The maximum absolute atomic E-state index is 5.79. The summed E-state index contributed by atoms with van der Waals surface area (Å²) in [5.41, 5.74) is 0. The highest BCUT2D eigenvalue weighted by atomic mass is 35.5. The lowest BCUT2D eigenvalue weighted by Crippen LogP contribution is -2.29. The van der Waals surface area contributed by atoms with E-state index in [1.54, 1.807) is 6.20 Å². The van der Waals surface area contributed by atoms with Crippen LogP contribution in [0.15, 0.2) is 23.4 Å². The number of nitrogens with one attached hydrogen (secondary N) is 1. The predicted molar refractivity (Wildman–Crippen MR) is 70.2 cm³/mol. The lowest BCUT2D eigenvalue weighted by atomic mass is 9.97. The van der Waals surface area contributed by atoms with E-state index in [1.807, 2.05) is 23.9 Å². The Hall–Kier alpha value is -0.250. The summed E-state index contributed by atoms with van der Waals surface area (Å²) in [6, 6.07) is 3.89. The first-order chi connectivity index (χ1) is 7.84. The van der Waals surface area contributed by atoms with Gasteiger partial charge in [0.05, 0.1) is 10.0 Å². The van der Waals surface area contributed by atoms with Crippen LogP contribution >= 0.6 is 23.4 Å². The van der Waals surface area contributed by atoms with E-state index >= 15 is 0 Å². The van der Waals surface area contributed by atoms with Crippen LogP contribution in [0.5, 0.6) is 0 Å². The average molecular weight is 257 g/mol. The van der Waals surface area contributed by atoms with Crippen LogP contribution in [0, 0.1) is 5.92 Å². The van der Waals surface area contributed by atoms with Crippen molar-refractivity contribution in [3.63, 3.8) is 0 Å². The summed E-state index contributed by atoms with van der Waals surface area (Å²) in [7, 11) is 0. The van der Waals surface area contributed by atoms with Crippen molar-refractivity contribution in [1.82, 2.24) is 10.3 Å². The lowest BCUT2D eigenvalue weighted by molar-refractivity contribution is 0.371. The number of halogens is 1. The van der Waals surface area contributed by atoms with Crippen LogP contribution in [-0.2, 0) is 0 Å². The van der Waals surface area contributed by atoms with Crippen molar-refractivity contribution < 1.29 is 0 Å². The molecule has 1 aromatic heterocycles. The molecule has 0 aromatic carbocycles. The highest BCUT2D eigenvalue weighted by Crippen LogP contribution is 2.22. The first-order valence-electron chi connectivity index (χ1n) is 5.79. The van der Waals surface area contributed by atoms with Crippen molar-refractivity contribution in [2.24, 2.45) is 5.92 Å². The molecule has 1 aliphatic rings. The largest absolute Gasteiger partial charge is 0.316 e. The van der Waals surface area contributed by atoms with Crippen LogP contribution in [0.1, 0.15) is 19.3 Å². The van der Waals surface area contributed by atoms with Gasteiger partial charge in [0.25, 0.3) is 0 Å². The minimum absolute atomic E-state index is 0.709. The molecule has 2 rings (SSSR count). The minimum Gasteiger partial charge on any atom is -0.316 e. The molecule has 0 saturated carbocycles. The molecule has 1 aliphatic heterocycles. The van der Waals surface area contributed by atoms with Gasteiger partial charge in [-0.15, -0.1) is 11.8 Å². The molecule has 2 heterocycles. The van der Waals surface area contributed by atoms with Crippen molar-refractivity contribution in [3.8, 4) is 0 Å². The van der Waals surface area contributed by atoms with E-state index in [2.05, 4.69) is 10.3 Å². The Labute approximate surface area is 106 Å². The van der Waals surface area contributed by atoms with Crippen LogP contribution in [-0.4, -0.2) is 23.8 Å². The van der Waals surface area contributed by atoms with Crippen molar-refractivity contribution in [1.29, 1.82) is 0 Å². The standard InChI is InChI=1S/C12H17ClN2S/c13-11-3-4-12(15-9-11)16-7-5-10-2-1-6-14-8-10/h3-4,9-10,14H,1-2,5-8H2. The van der Waals surface area contributed by atoms with Gasteiger partial charge in [-0.25, -0.2) is 4.98 Å². The average Bonchev–Trinajstić information content (AvgIpc) is 2.33. The quantitative estimate of drug-likeness (QED) is 0.838. The predicted octanol–water partition coefficient (Wildman–Crippen LogP) is 3.22. The fourth-order valence-corrected chi connectivity index (χ4v) is 3.01. The van der Waals surface area contributed by atoms with Crippen LogP contribution < -0.4 is 5.32 Å². The molecule has 1 atom stereocenters. The number of nitrogens with zero attached hydrogens (tertiary/aromatic N) is 1. The summed E-state index contributed by atoms with van der Waals surface area (Å²) in [5.74, 6) is 2.01. The molecule has 0 radical (unpaired) electrons. The van der Waals surface area contributed by atoms with Gasteiger partial charge in [-0.05, 0) is 56.2 Å². The zero-order chi connectivity index (χ0) is 11.2. The molecule has 88 valence electrons. The highest BCUT2D eigenvalue weighted by molar-refractivity contribution is 7.99. The van der Waals surface area contributed by atoms with Gasteiger partial charge in [0.2, 0.25) is 0 Å². The summed E-state index contributed by atoms with van der Waals surface area (Å²) >= 11 is 7.61. The maximum atomic E-state index is 5.79. The Morgan fingerprint density at radius 2 is 2.44 bits per heavy atom. The molecule has 1 saturated heterocycles. The van der Waals surface area contributed by atoms with Gasteiger partial charge in [-0.3, -0.25) is 0 Å². The molecule has 0 amide bonds. The zero-order valence-electron chi connectivity index (χ0n) is 9.29. The third-order valence-electron chi connectivity index (χ3n) is 2.88. The topological polar surface area (TPSA) is 24.9 Å². The third-order valence-corrected chi connectivity index (χ3v) is 4.08. The summed E-state index contributed by atoms with van der Waals surface area (Å²) < 4.78 is 0. The smallest absolute Gasteiger partial charge is 0.0960 e. The first kappa shape index (κ1) is 12.2. The molecule has 2 nitrogen and oxygen atoms in total. The van der Waals surface area contributed by atoms with Crippen LogP contribution in [0.2, 0.25) is 5.02 Å². The number of hydrogen-bond acceptors (Lipinski definition) is 3. The summed E-state index contributed by atoms with van der Waals surface area (Å²) in [6.07, 6.45) is 5.70. The van der Waals surface area contributed by atoms with E-state index < -0.39 is 0 Å². The van der Waals surface area contributed by atoms with Crippen LogP contribution in [0.25, 0.3) is 0 Å². The molecule has 1 N–H and O–H groups in total. The second kappa shape index (κ2) is 6.48. The molecular formula is C12H17ClN2S. The number of pyridine rings is 1. The normalized spacial score (nSPS) is 20.9. The van der Waals surface area contributed by atoms with Gasteiger partial charge in [0.15, 0.2) is 0 Å². The maximum Gasteiger partial charge on any atom is 0.0960 e. The number of piperidine rings is 1. The van der Waals surface area contributed by atoms with E-state index in [0.717, 1.165) is 16.7 Å². The number of rotatable bonds is 4. The van der Waals surface area contributed by atoms with Gasteiger partial charge in [-0.2, -0.15) is 0 Å². The van der Waals surface area contributed by atoms with Crippen molar-refractivity contribution >= 4 is 23.4 Å². The SMILES string of the molecule is Clc1ccc(SCCC2CCCNC2)nc1. The van der Waals surface area contributed by atoms with Gasteiger partial charge >= 0.3 is 0 Å². The van der Waals surface area contributed by atoms with E-state index in [1.165, 1.54) is 32.4 Å². The van der Waals surface area contributed by atoms with Gasteiger partial charge in [-0.1, -0.05) is 11.6 Å². The molecule has 1 fully saturated rings. The summed E-state index contributed by atoms with van der Waals surface area (Å²) in [4.78, 5) is 4.28. The van der Waals surface area contributed by atoms with Gasteiger partial charge in [0, 0.05) is 6.20 Å². The summed E-state index contributed by atoms with van der Waals surface area (Å²) in [6.45, 7) is 2.39. The van der Waals surface area contributed by atoms with E-state index in [0.29, 0.717) is 5.02 Å². The molecule has 1 aromatic rings. The van der Waals surface area contributed by atoms with Gasteiger partial charge < -0.3 is 5.32 Å². The second-order valence-electron chi connectivity index (χ2n) is 4.16. The third kappa shape index (κ3) is 3.96.